The number of aromatic amines is 1. The highest BCUT2D eigenvalue weighted by molar-refractivity contribution is 5.61. The van der Waals surface area contributed by atoms with E-state index in [0.29, 0.717) is 5.75 Å². The predicted octanol–water partition coefficient (Wildman–Crippen LogP) is 2.40. The lowest BCUT2D eigenvalue weighted by molar-refractivity contribution is 0.355. The zero-order valence-corrected chi connectivity index (χ0v) is 9.57. The van der Waals surface area contributed by atoms with Gasteiger partial charge in [0.1, 0.15) is 5.82 Å². The number of nitrogens with zero attached hydrogens (tertiary/aromatic N) is 1. The Bertz CT molecular complexity index is 492. The Kier molecular flexibility index (Phi) is 2.81. The Hall–Kier alpha value is -1.97. The molecule has 4 heteroatoms. The number of aromatic nitrogens is 2. The smallest absolute Gasteiger partial charge is 0.161 e. The summed E-state index contributed by atoms with van der Waals surface area (Å²) in [6.45, 7) is 1.97. The molecule has 0 bridgehead atoms. The molecule has 0 saturated heterocycles. The second-order valence-corrected chi connectivity index (χ2v) is 3.48. The summed E-state index contributed by atoms with van der Waals surface area (Å²) in [5, 5.41) is 0. The molecule has 0 spiro atoms. The van der Waals surface area contributed by atoms with Crippen LogP contribution in [0.3, 0.4) is 0 Å². The van der Waals surface area contributed by atoms with Gasteiger partial charge in [-0.1, -0.05) is 0 Å². The number of nitrogens with one attached hydrogen (secondary N) is 1. The largest absolute Gasteiger partial charge is 0.493 e. The van der Waals surface area contributed by atoms with Crippen molar-refractivity contribution in [2.45, 2.75) is 6.92 Å². The molecule has 0 aliphatic rings. The fourth-order valence-electron chi connectivity index (χ4n) is 1.54. The summed E-state index contributed by atoms with van der Waals surface area (Å²) < 4.78 is 10.4. The SMILES string of the molecule is COc1ccc(-c2ncc(C)[nH]2)cc1OC. The molecule has 0 radical (unpaired) electrons. The summed E-state index contributed by atoms with van der Waals surface area (Å²) >= 11 is 0. The Morgan fingerprint density at radius 1 is 1.12 bits per heavy atom. The summed E-state index contributed by atoms with van der Waals surface area (Å²) in [5.74, 6) is 2.25. The molecule has 84 valence electrons. The van der Waals surface area contributed by atoms with Gasteiger partial charge in [0.15, 0.2) is 11.5 Å². The Morgan fingerprint density at radius 3 is 2.44 bits per heavy atom. The minimum Gasteiger partial charge on any atom is -0.493 e. The molecule has 1 heterocycles. The second kappa shape index (κ2) is 4.26. The Morgan fingerprint density at radius 2 is 1.88 bits per heavy atom. The van der Waals surface area contributed by atoms with Gasteiger partial charge in [0.05, 0.1) is 14.2 Å². The van der Waals surface area contributed by atoms with E-state index in [1.165, 1.54) is 0 Å². The van der Waals surface area contributed by atoms with Gasteiger partial charge in [0.2, 0.25) is 0 Å². The van der Waals surface area contributed by atoms with Crippen LogP contribution in [-0.2, 0) is 0 Å². The van der Waals surface area contributed by atoms with Crippen molar-refractivity contribution in [3.05, 3.63) is 30.1 Å². The molecular weight excluding hydrogens is 204 g/mol. The average molecular weight is 218 g/mol. The molecule has 1 aromatic carbocycles. The molecule has 0 atom stereocenters. The first kappa shape index (κ1) is 10.5. The molecule has 4 nitrogen and oxygen atoms in total. The minimum atomic E-state index is 0.703. The molecule has 0 saturated carbocycles. The first-order chi connectivity index (χ1) is 7.74. The standard InChI is InChI=1S/C12H14N2O2/c1-8-7-13-12(14-8)9-4-5-10(15-2)11(6-9)16-3/h4-7H,1-3H3,(H,13,14). The van der Waals surface area contributed by atoms with E-state index in [0.717, 1.165) is 22.8 Å². The molecule has 0 fully saturated rings. The summed E-state index contributed by atoms with van der Waals surface area (Å²) in [5.41, 5.74) is 2.01. The average Bonchev–Trinajstić information content (AvgIpc) is 2.75. The van der Waals surface area contributed by atoms with Crippen molar-refractivity contribution in [2.24, 2.45) is 0 Å². The number of rotatable bonds is 3. The predicted molar refractivity (Wildman–Crippen MR) is 61.9 cm³/mol. The fraction of sp³-hybridized carbons (Fsp3) is 0.250. The summed E-state index contributed by atoms with van der Waals surface area (Å²) in [6.07, 6.45) is 1.80. The molecule has 16 heavy (non-hydrogen) atoms. The number of H-pyrrole nitrogens is 1. The van der Waals surface area contributed by atoms with E-state index in [1.54, 1.807) is 20.4 Å². The molecular formula is C12H14N2O2. The fourth-order valence-corrected chi connectivity index (χ4v) is 1.54. The highest BCUT2D eigenvalue weighted by atomic mass is 16.5. The van der Waals surface area contributed by atoms with E-state index < -0.39 is 0 Å². The molecule has 2 rings (SSSR count). The van der Waals surface area contributed by atoms with E-state index in [2.05, 4.69) is 9.97 Å². The molecule has 2 aromatic rings. The van der Waals surface area contributed by atoms with Gasteiger partial charge in [-0.3, -0.25) is 0 Å². The maximum atomic E-state index is 5.24. The van der Waals surface area contributed by atoms with Gasteiger partial charge in [0, 0.05) is 17.5 Å². The van der Waals surface area contributed by atoms with Crippen LogP contribution in [0.4, 0.5) is 0 Å². The van der Waals surface area contributed by atoms with Crippen LogP contribution in [0, 0.1) is 6.92 Å². The van der Waals surface area contributed by atoms with E-state index in [4.69, 9.17) is 9.47 Å². The van der Waals surface area contributed by atoms with E-state index >= 15 is 0 Å². The summed E-state index contributed by atoms with van der Waals surface area (Å²) in [7, 11) is 3.24. The number of ether oxygens (including phenoxy) is 2. The number of hydrogen-bond donors (Lipinski definition) is 1. The third-order valence-electron chi connectivity index (χ3n) is 2.36. The van der Waals surface area contributed by atoms with Crippen molar-refractivity contribution in [1.29, 1.82) is 0 Å². The van der Waals surface area contributed by atoms with Crippen LogP contribution in [0.5, 0.6) is 11.5 Å². The van der Waals surface area contributed by atoms with E-state index in [-0.39, 0.29) is 0 Å². The van der Waals surface area contributed by atoms with Crippen molar-refractivity contribution in [2.75, 3.05) is 14.2 Å². The zero-order chi connectivity index (χ0) is 11.5. The van der Waals surface area contributed by atoms with Gasteiger partial charge in [-0.25, -0.2) is 4.98 Å². The third kappa shape index (κ3) is 1.86. The maximum absolute atomic E-state index is 5.24. The Labute approximate surface area is 94.2 Å². The van der Waals surface area contributed by atoms with Crippen LogP contribution in [-0.4, -0.2) is 24.2 Å². The lowest BCUT2D eigenvalue weighted by atomic mass is 10.2. The number of aryl methyl sites for hydroxylation is 1. The van der Waals surface area contributed by atoms with Gasteiger partial charge >= 0.3 is 0 Å². The van der Waals surface area contributed by atoms with Crippen LogP contribution in [0.1, 0.15) is 5.69 Å². The van der Waals surface area contributed by atoms with Crippen LogP contribution in [0.15, 0.2) is 24.4 Å². The van der Waals surface area contributed by atoms with Gasteiger partial charge in [-0.2, -0.15) is 0 Å². The molecule has 1 aromatic heterocycles. The number of benzene rings is 1. The zero-order valence-electron chi connectivity index (χ0n) is 9.57. The molecule has 1 N–H and O–H groups in total. The number of hydrogen-bond acceptors (Lipinski definition) is 3. The molecule has 0 aliphatic heterocycles. The van der Waals surface area contributed by atoms with Crippen LogP contribution in [0.25, 0.3) is 11.4 Å². The van der Waals surface area contributed by atoms with Crippen molar-refractivity contribution < 1.29 is 9.47 Å². The second-order valence-electron chi connectivity index (χ2n) is 3.48. The summed E-state index contributed by atoms with van der Waals surface area (Å²) in [4.78, 5) is 7.44. The van der Waals surface area contributed by atoms with Gasteiger partial charge in [-0.15, -0.1) is 0 Å². The van der Waals surface area contributed by atoms with Gasteiger partial charge < -0.3 is 14.5 Å². The normalized spacial score (nSPS) is 10.2. The van der Waals surface area contributed by atoms with Gasteiger partial charge in [-0.05, 0) is 25.1 Å². The molecule has 0 amide bonds. The lowest BCUT2D eigenvalue weighted by Crippen LogP contribution is -1.91. The number of methoxy groups -OCH3 is 2. The monoisotopic (exact) mass is 218 g/mol. The minimum absolute atomic E-state index is 0.703. The summed E-state index contributed by atoms with van der Waals surface area (Å²) in [6, 6.07) is 5.71. The molecule has 0 unspecified atom stereocenters. The van der Waals surface area contributed by atoms with Crippen LogP contribution in [0.2, 0.25) is 0 Å². The van der Waals surface area contributed by atoms with Crippen LogP contribution < -0.4 is 9.47 Å². The molecule has 0 aliphatic carbocycles. The van der Waals surface area contributed by atoms with Crippen molar-refractivity contribution in [3.8, 4) is 22.9 Å². The Balaban J connectivity index is 2.43. The maximum Gasteiger partial charge on any atom is 0.161 e. The lowest BCUT2D eigenvalue weighted by Gasteiger charge is -2.08. The van der Waals surface area contributed by atoms with Crippen molar-refractivity contribution in [1.82, 2.24) is 9.97 Å². The number of imidazole rings is 1. The quantitative estimate of drug-likeness (QED) is 0.860. The third-order valence-corrected chi connectivity index (χ3v) is 2.36. The highest BCUT2D eigenvalue weighted by Gasteiger charge is 2.07. The topological polar surface area (TPSA) is 47.1 Å². The first-order valence-electron chi connectivity index (χ1n) is 4.98. The first-order valence-corrected chi connectivity index (χ1v) is 4.98. The van der Waals surface area contributed by atoms with E-state index in [1.807, 2.05) is 25.1 Å². The highest BCUT2D eigenvalue weighted by Crippen LogP contribution is 2.30. The van der Waals surface area contributed by atoms with Crippen molar-refractivity contribution in [3.63, 3.8) is 0 Å². The van der Waals surface area contributed by atoms with Crippen LogP contribution >= 0.6 is 0 Å². The van der Waals surface area contributed by atoms with Gasteiger partial charge in [0.25, 0.3) is 0 Å². The van der Waals surface area contributed by atoms with E-state index in [9.17, 15) is 0 Å². The van der Waals surface area contributed by atoms with Crippen molar-refractivity contribution >= 4 is 0 Å².